The number of nitrogens with zero attached hydrogens (tertiary/aromatic N) is 2. The zero-order valence-electron chi connectivity index (χ0n) is 9.50. The second-order valence-corrected chi connectivity index (χ2v) is 4.16. The van der Waals surface area contributed by atoms with Gasteiger partial charge in [0.15, 0.2) is 0 Å². The van der Waals surface area contributed by atoms with E-state index in [2.05, 4.69) is 15.3 Å². The van der Waals surface area contributed by atoms with Crippen molar-refractivity contribution in [1.82, 2.24) is 15.3 Å². The molecule has 1 N–H and O–H groups in total. The molecule has 0 bridgehead atoms. The summed E-state index contributed by atoms with van der Waals surface area (Å²) in [5.74, 6) is 0.491. The van der Waals surface area contributed by atoms with Gasteiger partial charge in [-0.05, 0) is 19.1 Å². The smallest absolute Gasteiger partial charge is 0.126 e. The molecule has 17 heavy (non-hydrogen) atoms. The Morgan fingerprint density at radius 1 is 1.24 bits per heavy atom. The summed E-state index contributed by atoms with van der Waals surface area (Å²) in [5.41, 5.74) is 3.77. The summed E-state index contributed by atoms with van der Waals surface area (Å²) in [5, 5.41) is 3.24. The number of rotatable bonds is 1. The van der Waals surface area contributed by atoms with Crippen molar-refractivity contribution >= 4 is 0 Å². The van der Waals surface area contributed by atoms with Gasteiger partial charge < -0.3 is 5.32 Å². The number of aromatic nitrogens is 2. The average molecular weight is 229 g/mol. The molecule has 0 unspecified atom stereocenters. The highest BCUT2D eigenvalue weighted by atomic mass is 19.1. The van der Waals surface area contributed by atoms with E-state index in [9.17, 15) is 4.39 Å². The first-order chi connectivity index (χ1) is 8.24. The lowest BCUT2D eigenvalue weighted by Gasteiger charge is -2.08. The highest BCUT2D eigenvalue weighted by Gasteiger charge is 2.18. The zero-order chi connectivity index (χ0) is 11.8. The van der Waals surface area contributed by atoms with Crippen LogP contribution in [0.2, 0.25) is 0 Å². The molecule has 1 aliphatic rings. The fraction of sp³-hybridized carbons (Fsp3) is 0.231. The van der Waals surface area contributed by atoms with Crippen LogP contribution >= 0.6 is 0 Å². The molecule has 0 saturated carbocycles. The van der Waals surface area contributed by atoms with E-state index in [0.29, 0.717) is 0 Å². The summed E-state index contributed by atoms with van der Waals surface area (Å²) in [6, 6.07) is 6.54. The predicted octanol–water partition coefficient (Wildman–Crippen LogP) is 2.19. The topological polar surface area (TPSA) is 37.8 Å². The maximum atomic E-state index is 13.2. The van der Waals surface area contributed by atoms with Crippen LogP contribution in [0.25, 0.3) is 11.3 Å². The van der Waals surface area contributed by atoms with Gasteiger partial charge in [-0.25, -0.2) is 14.4 Å². The van der Waals surface area contributed by atoms with Crippen molar-refractivity contribution in [2.45, 2.75) is 20.0 Å². The van der Waals surface area contributed by atoms with Gasteiger partial charge in [0, 0.05) is 24.2 Å². The minimum absolute atomic E-state index is 0.238. The number of aryl methyl sites for hydroxylation is 1. The van der Waals surface area contributed by atoms with Crippen LogP contribution in [0.5, 0.6) is 0 Å². The first-order valence-corrected chi connectivity index (χ1v) is 5.57. The lowest BCUT2D eigenvalue weighted by molar-refractivity contribution is 0.628. The van der Waals surface area contributed by atoms with Crippen LogP contribution in [0.4, 0.5) is 4.39 Å². The Bertz CT molecular complexity index is 581. The van der Waals surface area contributed by atoms with Crippen LogP contribution in [0, 0.1) is 12.7 Å². The number of halogens is 1. The van der Waals surface area contributed by atoms with Gasteiger partial charge >= 0.3 is 0 Å². The summed E-state index contributed by atoms with van der Waals surface area (Å²) >= 11 is 0. The molecular weight excluding hydrogens is 217 g/mol. The van der Waals surface area contributed by atoms with Gasteiger partial charge in [-0.2, -0.15) is 0 Å². The van der Waals surface area contributed by atoms with Gasteiger partial charge in [0.05, 0.1) is 11.4 Å². The van der Waals surface area contributed by atoms with Gasteiger partial charge in [-0.1, -0.05) is 12.1 Å². The van der Waals surface area contributed by atoms with Crippen LogP contribution in [0.3, 0.4) is 0 Å². The molecule has 1 aliphatic heterocycles. The first kappa shape index (κ1) is 10.4. The van der Waals surface area contributed by atoms with Gasteiger partial charge in [-0.15, -0.1) is 0 Å². The third kappa shape index (κ3) is 1.80. The largest absolute Gasteiger partial charge is 0.307 e. The van der Waals surface area contributed by atoms with Crippen LogP contribution in [0.1, 0.15) is 17.1 Å². The normalized spacial score (nSPS) is 13.8. The van der Waals surface area contributed by atoms with E-state index in [1.54, 1.807) is 6.07 Å². The molecular formula is C13H12FN3. The van der Waals surface area contributed by atoms with Crippen molar-refractivity contribution in [2.75, 3.05) is 0 Å². The van der Waals surface area contributed by atoms with E-state index in [4.69, 9.17) is 0 Å². The number of benzene rings is 1. The number of fused-ring (bicyclic) bond motifs is 1. The van der Waals surface area contributed by atoms with Gasteiger partial charge in [-0.3, -0.25) is 0 Å². The molecule has 0 saturated heterocycles. The third-order valence-corrected chi connectivity index (χ3v) is 2.90. The van der Waals surface area contributed by atoms with Crippen LogP contribution in [-0.4, -0.2) is 9.97 Å². The van der Waals surface area contributed by atoms with Crippen molar-refractivity contribution in [2.24, 2.45) is 0 Å². The summed E-state index contributed by atoms with van der Waals surface area (Å²) in [6.45, 7) is 3.38. The summed E-state index contributed by atoms with van der Waals surface area (Å²) in [6.07, 6.45) is 0. The molecule has 0 radical (unpaired) electrons. The van der Waals surface area contributed by atoms with Crippen LogP contribution in [0.15, 0.2) is 24.3 Å². The lowest BCUT2D eigenvalue weighted by atomic mass is 10.1. The number of nitrogens with one attached hydrogen (secondary N) is 1. The first-order valence-electron chi connectivity index (χ1n) is 5.57. The van der Waals surface area contributed by atoms with Crippen molar-refractivity contribution in [1.29, 1.82) is 0 Å². The second-order valence-electron chi connectivity index (χ2n) is 4.16. The Balaban J connectivity index is 2.21. The van der Waals surface area contributed by atoms with E-state index >= 15 is 0 Å². The molecule has 1 aromatic carbocycles. The number of hydrogen-bond donors (Lipinski definition) is 1. The molecule has 2 heterocycles. The second kappa shape index (κ2) is 3.89. The molecule has 0 atom stereocenters. The maximum absolute atomic E-state index is 13.2. The summed E-state index contributed by atoms with van der Waals surface area (Å²) in [4.78, 5) is 8.83. The fourth-order valence-electron chi connectivity index (χ4n) is 2.17. The molecule has 0 fully saturated rings. The molecule has 2 aromatic rings. The van der Waals surface area contributed by atoms with Crippen LogP contribution in [-0.2, 0) is 13.1 Å². The Hall–Kier alpha value is -1.81. The van der Waals surface area contributed by atoms with Crippen molar-refractivity contribution in [3.8, 4) is 11.3 Å². The van der Waals surface area contributed by atoms with Crippen molar-refractivity contribution in [3.63, 3.8) is 0 Å². The molecule has 4 heteroatoms. The minimum Gasteiger partial charge on any atom is -0.307 e. The molecule has 86 valence electrons. The predicted molar refractivity (Wildman–Crippen MR) is 62.7 cm³/mol. The quantitative estimate of drug-likeness (QED) is 0.814. The summed E-state index contributed by atoms with van der Waals surface area (Å²) < 4.78 is 13.2. The lowest BCUT2D eigenvalue weighted by Crippen LogP contribution is -2.00. The highest BCUT2D eigenvalue weighted by Crippen LogP contribution is 2.26. The Morgan fingerprint density at radius 2 is 2.12 bits per heavy atom. The zero-order valence-corrected chi connectivity index (χ0v) is 9.50. The Morgan fingerprint density at radius 3 is 2.94 bits per heavy atom. The molecule has 3 rings (SSSR count). The molecule has 1 aromatic heterocycles. The van der Waals surface area contributed by atoms with Crippen molar-refractivity contribution < 1.29 is 4.39 Å². The Kier molecular flexibility index (Phi) is 2.37. The fourth-order valence-corrected chi connectivity index (χ4v) is 2.17. The molecule has 0 spiro atoms. The molecule has 0 amide bonds. The summed E-state index contributed by atoms with van der Waals surface area (Å²) in [7, 11) is 0. The average Bonchev–Trinajstić information content (AvgIpc) is 2.75. The molecule has 3 nitrogen and oxygen atoms in total. The molecule has 0 aliphatic carbocycles. The van der Waals surface area contributed by atoms with E-state index in [-0.39, 0.29) is 5.82 Å². The van der Waals surface area contributed by atoms with E-state index in [1.165, 1.54) is 12.1 Å². The van der Waals surface area contributed by atoms with Crippen LogP contribution < -0.4 is 5.32 Å². The van der Waals surface area contributed by atoms with E-state index in [0.717, 1.165) is 41.4 Å². The van der Waals surface area contributed by atoms with Gasteiger partial charge in [0.1, 0.15) is 11.6 Å². The standard InChI is InChI=1S/C13H12FN3/c1-8-16-12-7-15-6-11(12)13(17-8)9-3-2-4-10(14)5-9/h2-5,15H,6-7H2,1H3. The maximum Gasteiger partial charge on any atom is 0.126 e. The van der Waals surface area contributed by atoms with E-state index in [1.807, 2.05) is 13.0 Å². The van der Waals surface area contributed by atoms with Gasteiger partial charge in [0.25, 0.3) is 0 Å². The minimum atomic E-state index is -0.238. The number of hydrogen-bond acceptors (Lipinski definition) is 3. The van der Waals surface area contributed by atoms with Crippen molar-refractivity contribution in [3.05, 3.63) is 47.2 Å². The third-order valence-electron chi connectivity index (χ3n) is 2.90. The SMILES string of the molecule is Cc1nc2c(c(-c3cccc(F)c3)n1)CNC2. The van der Waals surface area contributed by atoms with E-state index < -0.39 is 0 Å². The Labute approximate surface area is 98.7 Å². The highest BCUT2D eigenvalue weighted by molar-refractivity contribution is 5.64. The van der Waals surface area contributed by atoms with Gasteiger partial charge in [0.2, 0.25) is 0 Å². The monoisotopic (exact) mass is 229 g/mol.